The van der Waals surface area contributed by atoms with Crippen LogP contribution in [0.4, 0.5) is 29.6 Å². The lowest BCUT2D eigenvalue weighted by molar-refractivity contribution is -0.385. The largest absolute Gasteiger partial charge is 0.481 e. The number of benzene rings is 3. The Morgan fingerprint density at radius 2 is 1.56 bits per heavy atom. The number of anilines is 1. The summed E-state index contributed by atoms with van der Waals surface area (Å²) in [5.41, 5.74) is -1.60. The monoisotopic (exact) mass is 1070 g/mol. The SMILES string of the molecule is CCOC(=O)C(C)OC(=O)c1cc(Oc2ccc(C(F)(F)F)cc2Cl)ccc1[N+](=O)[O-].COc1cc(OC)nc(NC(=O)NS(=O)(=O)N(C)S(C)(=O)=O)n1.O=C(O)COc1ccc(Cl)c2cccnc12. The third-order valence-electron chi connectivity index (χ3n) is 8.15. The van der Waals surface area contributed by atoms with E-state index < -0.39 is 84.8 Å². The zero-order valence-corrected chi connectivity index (χ0v) is 40.0. The number of esters is 2. The molecule has 0 aliphatic rings. The molecule has 5 aromatic rings. The zero-order valence-electron chi connectivity index (χ0n) is 36.8. The highest BCUT2D eigenvalue weighted by atomic mass is 35.5. The lowest BCUT2D eigenvalue weighted by Gasteiger charge is -2.15. The molecule has 24 nitrogen and oxygen atoms in total. The van der Waals surface area contributed by atoms with Gasteiger partial charge in [0.2, 0.25) is 27.7 Å². The van der Waals surface area contributed by atoms with Crippen molar-refractivity contribution in [1.29, 1.82) is 0 Å². The van der Waals surface area contributed by atoms with Gasteiger partial charge < -0.3 is 33.5 Å². The number of nitrogens with zero attached hydrogens (tertiary/aromatic N) is 5. The molecule has 1 unspecified atom stereocenters. The summed E-state index contributed by atoms with van der Waals surface area (Å²) in [6.45, 7) is 2.42. The molecule has 378 valence electrons. The number of aromatic nitrogens is 3. The summed E-state index contributed by atoms with van der Waals surface area (Å²) in [5.74, 6) is -3.16. The Hall–Kier alpha value is -7.34. The van der Waals surface area contributed by atoms with Gasteiger partial charge in [-0.2, -0.15) is 31.6 Å². The van der Waals surface area contributed by atoms with Crippen LogP contribution in [0.5, 0.6) is 29.0 Å². The molecule has 0 radical (unpaired) electrons. The van der Waals surface area contributed by atoms with E-state index in [1.54, 1.807) is 37.4 Å². The molecular weight excluding hydrogens is 1030 g/mol. The molecule has 0 bridgehead atoms. The minimum absolute atomic E-state index is 0.00654. The van der Waals surface area contributed by atoms with Crippen molar-refractivity contribution in [3.63, 3.8) is 0 Å². The summed E-state index contributed by atoms with van der Waals surface area (Å²) in [4.78, 5) is 68.1. The molecule has 5 rings (SSSR count). The van der Waals surface area contributed by atoms with Gasteiger partial charge in [0.05, 0.1) is 53.7 Å². The summed E-state index contributed by atoms with van der Waals surface area (Å²) in [6, 6.07) is 12.3. The summed E-state index contributed by atoms with van der Waals surface area (Å²) < 4.78 is 115. The van der Waals surface area contributed by atoms with Crippen LogP contribution in [0.1, 0.15) is 29.8 Å². The molecule has 70 heavy (non-hydrogen) atoms. The van der Waals surface area contributed by atoms with Crippen molar-refractivity contribution in [2.75, 3.05) is 46.1 Å². The Balaban J connectivity index is 0.000000292. The first-order valence-electron chi connectivity index (χ1n) is 18.9. The van der Waals surface area contributed by atoms with Crippen molar-refractivity contribution >= 4 is 89.9 Å². The first kappa shape index (κ1) is 57.0. The van der Waals surface area contributed by atoms with Crippen LogP contribution in [0.15, 0.2) is 72.9 Å². The maximum absolute atomic E-state index is 12.8. The number of carboxylic acid groups (broad SMARTS) is 1. The Labute approximate surface area is 404 Å². The van der Waals surface area contributed by atoms with Crippen LogP contribution >= 0.6 is 23.2 Å². The van der Waals surface area contributed by atoms with E-state index in [0.29, 0.717) is 28.6 Å². The first-order valence-corrected chi connectivity index (χ1v) is 23.0. The maximum atomic E-state index is 12.8. The number of pyridine rings is 1. The van der Waals surface area contributed by atoms with Crippen molar-refractivity contribution in [3.8, 4) is 29.0 Å². The van der Waals surface area contributed by atoms with E-state index in [4.69, 9.17) is 56.7 Å². The number of amides is 2. The average molecular weight is 1070 g/mol. The van der Waals surface area contributed by atoms with Crippen LogP contribution in [0.3, 0.4) is 0 Å². The van der Waals surface area contributed by atoms with Crippen LogP contribution in [-0.2, 0) is 45.5 Å². The third-order valence-corrected chi connectivity index (χ3v) is 12.2. The fourth-order valence-corrected chi connectivity index (χ4v) is 7.23. The molecule has 0 saturated carbocycles. The van der Waals surface area contributed by atoms with E-state index in [-0.39, 0.29) is 44.5 Å². The van der Waals surface area contributed by atoms with Gasteiger partial charge in [0.1, 0.15) is 28.3 Å². The molecule has 2 aromatic heterocycles. The molecule has 0 aliphatic carbocycles. The smallest absolute Gasteiger partial charge is 0.416 e. The van der Waals surface area contributed by atoms with Crippen molar-refractivity contribution in [3.05, 3.63) is 104 Å². The number of rotatable bonds is 16. The van der Waals surface area contributed by atoms with E-state index in [0.717, 1.165) is 42.8 Å². The molecule has 0 aliphatic heterocycles. The number of hydrogen-bond acceptors (Lipinski definition) is 19. The van der Waals surface area contributed by atoms with Gasteiger partial charge in [-0.15, -0.1) is 0 Å². The van der Waals surface area contributed by atoms with E-state index >= 15 is 0 Å². The third kappa shape index (κ3) is 16.7. The van der Waals surface area contributed by atoms with Crippen molar-refractivity contribution in [2.45, 2.75) is 26.1 Å². The number of urea groups is 1. The number of alkyl halides is 3. The average Bonchev–Trinajstić information content (AvgIpc) is 3.28. The normalized spacial score (nSPS) is 11.6. The minimum Gasteiger partial charge on any atom is -0.481 e. The Kier molecular flexibility index (Phi) is 20.2. The number of methoxy groups -OCH3 is 2. The fourth-order valence-electron chi connectivity index (χ4n) is 4.84. The summed E-state index contributed by atoms with van der Waals surface area (Å²) in [7, 11) is -5.27. The van der Waals surface area contributed by atoms with Crippen LogP contribution in [0.2, 0.25) is 10.0 Å². The zero-order chi connectivity index (χ0) is 52.7. The van der Waals surface area contributed by atoms with Crippen LogP contribution < -0.4 is 29.0 Å². The van der Waals surface area contributed by atoms with Crippen molar-refractivity contribution in [1.82, 2.24) is 23.4 Å². The predicted molar refractivity (Wildman–Crippen MR) is 240 cm³/mol. The van der Waals surface area contributed by atoms with E-state index in [1.807, 2.05) is 5.32 Å². The number of fused-ring (bicyclic) bond motifs is 1. The number of carbonyl (C=O) groups is 4. The number of halogens is 5. The molecule has 0 fully saturated rings. The molecular formula is C39H38Cl2F3N7O17S2. The second-order valence-corrected chi connectivity index (χ2v) is 17.8. The quantitative estimate of drug-likeness (QED) is 0.0557. The second-order valence-electron chi connectivity index (χ2n) is 13.1. The van der Waals surface area contributed by atoms with Gasteiger partial charge in [-0.05, 0) is 62.4 Å². The number of sulfonamides is 1. The Bertz CT molecular complexity index is 2950. The highest BCUT2D eigenvalue weighted by Gasteiger charge is 2.32. The molecule has 2 amide bonds. The molecule has 0 spiro atoms. The van der Waals surface area contributed by atoms with E-state index in [2.05, 4.69) is 15.0 Å². The highest BCUT2D eigenvalue weighted by molar-refractivity contribution is 8.03. The molecule has 3 aromatic carbocycles. The van der Waals surface area contributed by atoms with Gasteiger partial charge in [0.25, 0.3) is 5.69 Å². The predicted octanol–water partition coefficient (Wildman–Crippen LogP) is 6.27. The van der Waals surface area contributed by atoms with Crippen molar-refractivity contribution in [2.24, 2.45) is 0 Å². The van der Waals surface area contributed by atoms with Crippen LogP contribution in [-0.4, -0.2) is 116 Å². The summed E-state index contributed by atoms with van der Waals surface area (Å²) in [6.07, 6.45) is -3.67. The highest BCUT2D eigenvalue weighted by Crippen LogP contribution is 2.37. The number of ether oxygens (including phenoxy) is 6. The van der Waals surface area contributed by atoms with E-state index in [9.17, 15) is 59.3 Å². The lowest BCUT2D eigenvalue weighted by Crippen LogP contribution is -2.45. The van der Waals surface area contributed by atoms with Crippen molar-refractivity contribution < 1.29 is 87.6 Å². The number of carboxylic acids is 1. The summed E-state index contributed by atoms with van der Waals surface area (Å²) >= 11 is 11.8. The molecule has 2 heterocycles. The lowest BCUT2D eigenvalue weighted by atomic mass is 10.1. The first-order chi connectivity index (χ1) is 32.6. The van der Waals surface area contributed by atoms with Gasteiger partial charge >= 0.3 is 40.3 Å². The van der Waals surface area contributed by atoms with E-state index in [1.165, 1.54) is 31.9 Å². The number of carbonyl (C=O) groups excluding carboxylic acids is 3. The van der Waals surface area contributed by atoms with Crippen LogP contribution in [0, 0.1) is 10.1 Å². The Morgan fingerprint density at radius 1 is 0.929 bits per heavy atom. The fraction of sp³-hybridized carbons (Fsp3) is 0.256. The molecule has 1 atom stereocenters. The number of nitrogens with one attached hydrogen (secondary N) is 2. The summed E-state index contributed by atoms with van der Waals surface area (Å²) in [5, 5.41) is 22.7. The second kappa shape index (κ2) is 24.8. The molecule has 3 N–H and O–H groups in total. The van der Waals surface area contributed by atoms with Gasteiger partial charge in [0.15, 0.2) is 12.7 Å². The van der Waals surface area contributed by atoms with Crippen LogP contribution in [0.25, 0.3) is 10.9 Å². The molecule has 0 saturated heterocycles. The minimum atomic E-state index is -4.61. The standard InChI is InChI=1S/C19H15ClF3NO7.C11H8ClNO3.C9H15N5O7S2/c1-3-29-17(25)10(2)30-18(26)13-9-12(5-6-15(13)24(27)28)31-16-7-4-11(8-14(16)20)19(21,22)23;12-8-3-4-9(16-6-10(14)15)11-7(8)2-1-5-13-11;1-14(22(4,16)17)23(18,19)13-9(15)12-8-10-6(20-2)5-7(11-8)21-3/h4-10H,3H2,1-2H3;1-5H,6H2,(H,14,15);5H,1-4H3,(H2,10,11,12,13,15). The molecule has 31 heteroatoms. The van der Waals surface area contributed by atoms with Gasteiger partial charge in [-0.1, -0.05) is 26.9 Å². The number of hydrogen-bond donors (Lipinski definition) is 3. The Morgan fingerprint density at radius 3 is 2.10 bits per heavy atom. The maximum Gasteiger partial charge on any atom is 0.416 e. The number of nitro benzene ring substituents is 1. The van der Waals surface area contributed by atoms with Gasteiger partial charge in [-0.25, -0.2) is 32.3 Å². The van der Waals surface area contributed by atoms with Gasteiger partial charge in [0, 0.05) is 30.8 Å². The topological polar surface area (TPSA) is 321 Å². The number of aliphatic carboxylic acids is 1. The van der Waals surface area contributed by atoms with Gasteiger partial charge in [-0.3, -0.25) is 20.4 Å². The number of nitro groups is 1.